The van der Waals surface area contributed by atoms with E-state index in [-0.39, 0.29) is 0 Å². The van der Waals surface area contributed by atoms with Crippen molar-refractivity contribution in [2.45, 2.75) is 186 Å². The monoisotopic (exact) mass is 507 g/mol. The first-order valence-electron chi connectivity index (χ1n) is 16.9. The molecule has 218 valence electrons. The van der Waals surface area contributed by atoms with Crippen LogP contribution in [0.1, 0.15) is 186 Å². The summed E-state index contributed by atoms with van der Waals surface area (Å²) in [6.07, 6.45) is 22.4. The molecular weight excluding hydrogens is 432 g/mol. The predicted molar refractivity (Wildman–Crippen MR) is 168 cm³/mol. The van der Waals surface area contributed by atoms with Crippen LogP contribution >= 0.6 is 0 Å². The van der Waals surface area contributed by atoms with E-state index >= 15 is 0 Å². The lowest BCUT2D eigenvalue weighted by Crippen LogP contribution is -2.39. The third kappa shape index (κ3) is 12.7. The van der Waals surface area contributed by atoms with Gasteiger partial charge < -0.3 is 0 Å². The highest BCUT2D eigenvalue weighted by atomic mass is 14.5. The van der Waals surface area contributed by atoms with Crippen LogP contribution in [0.2, 0.25) is 0 Å². The Morgan fingerprint density at radius 3 is 1.64 bits per heavy atom. The summed E-state index contributed by atoms with van der Waals surface area (Å²) in [7, 11) is 0. The zero-order valence-corrected chi connectivity index (χ0v) is 27.8. The number of hydrogen-bond donors (Lipinski definition) is 0. The van der Waals surface area contributed by atoms with E-state index in [0.717, 1.165) is 35.5 Å². The van der Waals surface area contributed by atoms with Gasteiger partial charge >= 0.3 is 0 Å². The van der Waals surface area contributed by atoms with Gasteiger partial charge in [0.2, 0.25) is 0 Å². The summed E-state index contributed by atoms with van der Waals surface area (Å²) in [5.74, 6) is 5.03. The van der Waals surface area contributed by atoms with Crippen molar-refractivity contribution < 1.29 is 0 Å². The van der Waals surface area contributed by atoms with Crippen LogP contribution in [0.5, 0.6) is 0 Å². The summed E-state index contributed by atoms with van der Waals surface area (Å²) in [5, 5.41) is 0. The SMILES string of the molecule is CCCCC(C(C)CCCCC(C)CCC)C(C)(CC(C)CC(C)(CCCC)C(C)CCC)C(C)C. The standard InChI is InChI=1S/C36H74/c1-13-17-25-34(32(9)24-20-19-23-30(7)21-15-3)36(12,29(5)6)28-31(8)27-35(11,26-18-14-2)33(10)22-16-4/h29-34H,13-28H2,1-12H3. The van der Waals surface area contributed by atoms with Crippen LogP contribution in [0.25, 0.3) is 0 Å². The predicted octanol–water partition coefficient (Wildman–Crippen LogP) is 13.1. The van der Waals surface area contributed by atoms with E-state index in [4.69, 9.17) is 0 Å². The van der Waals surface area contributed by atoms with Gasteiger partial charge in [0.1, 0.15) is 0 Å². The molecule has 0 aliphatic heterocycles. The average molecular weight is 507 g/mol. The van der Waals surface area contributed by atoms with Crippen molar-refractivity contribution in [1.29, 1.82) is 0 Å². The van der Waals surface area contributed by atoms with E-state index < -0.39 is 0 Å². The maximum absolute atomic E-state index is 2.70. The van der Waals surface area contributed by atoms with E-state index in [1.54, 1.807) is 0 Å². The van der Waals surface area contributed by atoms with Crippen LogP contribution in [0.3, 0.4) is 0 Å². The van der Waals surface area contributed by atoms with Crippen LogP contribution in [-0.4, -0.2) is 0 Å². The smallest absolute Gasteiger partial charge is 0.0269 e. The molecule has 7 unspecified atom stereocenters. The molecule has 0 rings (SSSR count). The van der Waals surface area contributed by atoms with Gasteiger partial charge in [-0.05, 0) is 72.0 Å². The van der Waals surface area contributed by atoms with E-state index in [2.05, 4.69) is 83.1 Å². The van der Waals surface area contributed by atoms with Crippen LogP contribution in [0.15, 0.2) is 0 Å². The van der Waals surface area contributed by atoms with Crippen molar-refractivity contribution in [2.24, 2.45) is 46.3 Å². The van der Waals surface area contributed by atoms with Gasteiger partial charge in [-0.15, -0.1) is 0 Å². The molecule has 0 bridgehead atoms. The van der Waals surface area contributed by atoms with Crippen molar-refractivity contribution in [3.8, 4) is 0 Å². The maximum Gasteiger partial charge on any atom is -0.0269 e. The lowest BCUT2D eigenvalue weighted by Gasteiger charge is -2.48. The van der Waals surface area contributed by atoms with Crippen molar-refractivity contribution >= 4 is 0 Å². The molecule has 0 saturated carbocycles. The highest BCUT2D eigenvalue weighted by Crippen LogP contribution is 2.51. The van der Waals surface area contributed by atoms with Gasteiger partial charge in [-0.1, -0.05) is 160 Å². The molecule has 0 aliphatic carbocycles. The van der Waals surface area contributed by atoms with Gasteiger partial charge in [-0.3, -0.25) is 0 Å². The Morgan fingerprint density at radius 1 is 0.528 bits per heavy atom. The molecule has 0 aromatic carbocycles. The van der Waals surface area contributed by atoms with Gasteiger partial charge in [0.25, 0.3) is 0 Å². The minimum Gasteiger partial charge on any atom is -0.0654 e. The van der Waals surface area contributed by atoms with Crippen molar-refractivity contribution in [3.63, 3.8) is 0 Å². The minimum atomic E-state index is 0.448. The Labute approximate surface area is 232 Å². The molecule has 0 aliphatic rings. The third-order valence-electron chi connectivity index (χ3n) is 10.7. The largest absolute Gasteiger partial charge is 0.0654 e. The molecule has 0 saturated heterocycles. The van der Waals surface area contributed by atoms with E-state index in [9.17, 15) is 0 Å². The zero-order chi connectivity index (χ0) is 27.8. The fourth-order valence-corrected chi connectivity index (χ4v) is 7.83. The summed E-state index contributed by atoms with van der Waals surface area (Å²) in [6, 6.07) is 0. The molecular formula is C36H74. The maximum atomic E-state index is 2.70. The van der Waals surface area contributed by atoms with Crippen LogP contribution < -0.4 is 0 Å². The molecule has 0 heterocycles. The quantitative estimate of drug-likeness (QED) is 0.121. The van der Waals surface area contributed by atoms with E-state index in [0.29, 0.717) is 10.8 Å². The Hall–Kier alpha value is 0. The average Bonchev–Trinajstić information content (AvgIpc) is 2.80. The highest BCUT2D eigenvalue weighted by molar-refractivity contribution is 4.91. The number of hydrogen-bond acceptors (Lipinski definition) is 0. The molecule has 0 N–H and O–H groups in total. The summed E-state index contributed by atoms with van der Waals surface area (Å²) in [5.41, 5.74) is 0.951. The van der Waals surface area contributed by atoms with Gasteiger partial charge in [0.05, 0.1) is 0 Å². The summed E-state index contributed by atoms with van der Waals surface area (Å²) < 4.78 is 0. The van der Waals surface area contributed by atoms with Gasteiger partial charge in [0, 0.05) is 0 Å². The number of rotatable bonds is 23. The lowest BCUT2D eigenvalue weighted by atomic mass is 9.57. The molecule has 0 heteroatoms. The first kappa shape index (κ1) is 36.0. The number of unbranched alkanes of at least 4 members (excludes halogenated alkanes) is 3. The summed E-state index contributed by atoms with van der Waals surface area (Å²) >= 11 is 0. The Balaban J connectivity index is 5.53. The second kappa shape index (κ2) is 19.1. The van der Waals surface area contributed by atoms with E-state index in [1.165, 1.54) is 103 Å². The first-order valence-corrected chi connectivity index (χ1v) is 16.9. The van der Waals surface area contributed by atoms with E-state index in [1.807, 2.05) is 0 Å². The molecule has 36 heavy (non-hydrogen) atoms. The molecule has 0 aromatic rings. The summed E-state index contributed by atoms with van der Waals surface area (Å²) in [4.78, 5) is 0. The molecule has 0 fully saturated rings. The van der Waals surface area contributed by atoms with Crippen molar-refractivity contribution in [1.82, 2.24) is 0 Å². The van der Waals surface area contributed by atoms with Crippen molar-refractivity contribution in [3.05, 3.63) is 0 Å². The Bertz CT molecular complexity index is 506. The fourth-order valence-electron chi connectivity index (χ4n) is 7.83. The Morgan fingerprint density at radius 2 is 1.11 bits per heavy atom. The molecule has 0 amide bonds. The fraction of sp³-hybridized carbons (Fsp3) is 1.00. The molecule has 0 spiro atoms. The van der Waals surface area contributed by atoms with Crippen molar-refractivity contribution in [2.75, 3.05) is 0 Å². The molecule has 7 atom stereocenters. The molecule has 0 radical (unpaired) electrons. The van der Waals surface area contributed by atoms with Gasteiger partial charge in [-0.2, -0.15) is 0 Å². The minimum absolute atomic E-state index is 0.448. The Kier molecular flexibility index (Phi) is 19.1. The third-order valence-corrected chi connectivity index (χ3v) is 10.7. The topological polar surface area (TPSA) is 0 Å². The van der Waals surface area contributed by atoms with Crippen LogP contribution in [0.4, 0.5) is 0 Å². The second-order valence-corrected chi connectivity index (χ2v) is 14.5. The first-order chi connectivity index (χ1) is 16.9. The molecule has 0 nitrogen and oxygen atoms in total. The zero-order valence-electron chi connectivity index (χ0n) is 27.8. The molecule has 0 aromatic heterocycles. The van der Waals surface area contributed by atoms with Crippen LogP contribution in [-0.2, 0) is 0 Å². The lowest BCUT2D eigenvalue weighted by molar-refractivity contribution is 0.0185. The normalized spacial score (nSPS) is 19.9. The highest BCUT2D eigenvalue weighted by Gasteiger charge is 2.41. The summed E-state index contributed by atoms with van der Waals surface area (Å²) in [6.45, 7) is 30.1. The van der Waals surface area contributed by atoms with Gasteiger partial charge in [-0.25, -0.2) is 0 Å². The van der Waals surface area contributed by atoms with Gasteiger partial charge in [0.15, 0.2) is 0 Å². The second-order valence-electron chi connectivity index (χ2n) is 14.5. The van der Waals surface area contributed by atoms with Crippen LogP contribution in [0, 0.1) is 46.3 Å².